The summed E-state index contributed by atoms with van der Waals surface area (Å²) in [4.78, 5) is 12.9. The minimum atomic E-state index is 0.0994. The molecule has 4 rings (SSSR count). The third-order valence-electron chi connectivity index (χ3n) is 3.68. The zero-order valence-electron chi connectivity index (χ0n) is 12.5. The molecule has 2 aromatic carbocycles. The Bertz CT molecular complexity index is 1080. The molecule has 6 heteroatoms. The highest BCUT2D eigenvalue weighted by molar-refractivity contribution is 5.85. The Kier molecular flexibility index (Phi) is 3.18. The summed E-state index contributed by atoms with van der Waals surface area (Å²) < 4.78 is 5.36. The summed E-state index contributed by atoms with van der Waals surface area (Å²) in [5.74, 6) is 0.112. The summed E-state index contributed by atoms with van der Waals surface area (Å²) in [6.07, 6.45) is 1.39. The number of hydrogen-bond donors (Lipinski definition) is 1. The molecule has 0 bridgehead atoms. The van der Waals surface area contributed by atoms with Crippen molar-refractivity contribution in [3.8, 4) is 28.6 Å². The van der Waals surface area contributed by atoms with E-state index in [4.69, 9.17) is 10.2 Å². The molecule has 0 amide bonds. The lowest BCUT2D eigenvalue weighted by atomic mass is 10.0. The zero-order valence-corrected chi connectivity index (χ0v) is 12.5. The number of nitrogens with zero attached hydrogens (tertiary/aromatic N) is 4. The van der Waals surface area contributed by atoms with Gasteiger partial charge in [-0.25, -0.2) is 15.0 Å². The minimum Gasteiger partial charge on any atom is -0.443 e. The average Bonchev–Trinajstić information content (AvgIpc) is 3.10. The van der Waals surface area contributed by atoms with Crippen molar-refractivity contribution in [2.75, 3.05) is 5.73 Å². The molecular formula is C18H11N5O. The normalized spacial score (nSPS) is 10.6. The molecule has 0 radical (unpaired) electrons. The van der Waals surface area contributed by atoms with E-state index < -0.39 is 0 Å². The van der Waals surface area contributed by atoms with Crippen molar-refractivity contribution in [3.63, 3.8) is 0 Å². The van der Waals surface area contributed by atoms with Gasteiger partial charge < -0.3 is 10.2 Å². The molecule has 0 saturated heterocycles. The van der Waals surface area contributed by atoms with Crippen LogP contribution in [-0.2, 0) is 0 Å². The third-order valence-corrected chi connectivity index (χ3v) is 3.68. The van der Waals surface area contributed by atoms with Gasteiger partial charge >= 0.3 is 0 Å². The molecule has 2 aromatic heterocycles. The van der Waals surface area contributed by atoms with Crippen LogP contribution in [-0.4, -0.2) is 15.0 Å². The predicted octanol–water partition coefficient (Wildman–Crippen LogP) is 3.41. The van der Waals surface area contributed by atoms with Crippen LogP contribution in [0.3, 0.4) is 0 Å². The standard InChI is InChI=1S/C18H11N5O/c19-9-14-18(20)23-16(11-4-2-1-3-5-11)17(22-14)12-6-7-13-15(8-12)24-10-21-13/h1-8,10H,(H2,20,23). The molecule has 0 saturated carbocycles. The third kappa shape index (κ3) is 2.25. The van der Waals surface area contributed by atoms with E-state index in [1.54, 1.807) is 0 Å². The van der Waals surface area contributed by atoms with E-state index in [-0.39, 0.29) is 11.5 Å². The molecule has 0 aliphatic rings. The van der Waals surface area contributed by atoms with Crippen LogP contribution in [0, 0.1) is 11.3 Å². The van der Waals surface area contributed by atoms with Crippen LogP contribution < -0.4 is 5.73 Å². The molecule has 4 aromatic rings. The van der Waals surface area contributed by atoms with Crippen LogP contribution in [0.4, 0.5) is 5.82 Å². The Hall–Kier alpha value is -3.72. The summed E-state index contributed by atoms with van der Waals surface area (Å²) in [6.45, 7) is 0. The maximum atomic E-state index is 9.23. The molecule has 0 aliphatic heterocycles. The molecule has 0 unspecified atom stereocenters. The van der Waals surface area contributed by atoms with Crippen molar-refractivity contribution >= 4 is 16.9 Å². The molecule has 0 spiro atoms. The van der Waals surface area contributed by atoms with Crippen molar-refractivity contribution in [3.05, 3.63) is 60.6 Å². The topological polar surface area (TPSA) is 102 Å². The number of nitriles is 1. The van der Waals surface area contributed by atoms with E-state index in [1.807, 2.05) is 54.6 Å². The highest BCUT2D eigenvalue weighted by atomic mass is 16.3. The van der Waals surface area contributed by atoms with Gasteiger partial charge in [0, 0.05) is 11.1 Å². The predicted molar refractivity (Wildman–Crippen MR) is 89.6 cm³/mol. The first kappa shape index (κ1) is 13.9. The van der Waals surface area contributed by atoms with Crippen LogP contribution in [0.15, 0.2) is 59.3 Å². The van der Waals surface area contributed by atoms with E-state index in [9.17, 15) is 5.26 Å². The first-order valence-electron chi connectivity index (χ1n) is 7.23. The van der Waals surface area contributed by atoms with Gasteiger partial charge in [-0.2, -0.15) is 5.26 Å². The largest absolute Gasteiger partial charge is 0.443 e. The number of anilines is 1. The summed E-state index contributed by atoms with van der Waals surface area (Å²) in [6, 6.07) is 17.1. The van der Waals surface area contributed by atoms with Gasteiger partial charge in [-0.15, -0.1) is 0 Å². The molecule has 2 N–H and O–H groups in total. The Labute approximate surface area is 137 Å². The fourth-order valence-corrected chi connectivity index (χ4v) is 2.53. The Morgan fingerprint density at radius 1 is 0.958 bits per heavy atom. The van der Waals surface area contributed by atoms with Crippen molar-refractivity contribution in [2.45, 2.75) is 0 Å². The first-order valence-corrected chi connectivity index (χ1v) is 7.23. The number of oxazole rings is 1. The number of hydrogen-bond acceptors (Lipinski definition) is 6. The summed E-state index contributed by atoms with van der Waals surface area (Å²) in [7, 11) is 0. The van der Waals surface area contributed by atoms with E-state index >= 15 is 0 Å². The lowest BCUT2D eigenvalue weighted by Gasteiger charge is -2.10. The molecule has 0 fully saturated rings. The maximum Gasteiger partial charge on any atom is 0.183 e. The SMILES string of the molecule is N#Cc1nc(-c2ccc3ncoc3c2)c(-c2ccccc2)nc1N. The Morgan fingerprint density at radius 2 is 1.75 bits per heavy atom. The van der Waals surface area contributed by atoms with Crippen LogP contribution in [0.2, 0.25) is 0 Å². The molecule has 24 heavy (non-hydrogen) atoms. The Morgan fingerprint density at radius 3 is 2.54 bits per heavy atom. The van der Waals surface area contributed by atoms with Gasteiger partial charge in [0.05, 0.1) is 11.4 Å². The van der Waals surface area contributed by atoms with Crippen LogP contribution >= 0.6 is 0 Å². The fraction of sp³-hybridized carbons (Fsp3) is 0. The molecule has 2 heterocycles. The second-order valence-electron chi connectivity index (χ2n) is 5.17. The van der Waals surface area contributed by atoms with Gasteiger partial charge in [0.15, 0.2) is 23.5 Å². The summed E-state index contributed by atoms with van der Waals surface area (Å²) in [5.41, 5.74) is 10.2. The molecule has 0 aliphatic carbocycles. The summed E-state index contributed by atoms with van der Waals surface area (Å²) >= 11 is 0. The van der Waals surface area contributed by atoms with Gasteiger partial charge in [0.1, 0.15) is 11.6 Å². The monoisotopic (exact) mass is 313 g/mol. The second-order valence-corrected chi connectivity index (χ2v) is 5.17. The summed E-state index contributed by atoms with van der Waals surface area (Å²) in [5, 5.41) is 9.23. The lowest BCUT2D eigenvalue weighted by Crippen LogP contribution is -2.03. The van der Waals surface area contributed by atoms with E-state index in [1.165, 1.54) is 6.39 Å². The van der Waals surface area contributed by atoms with Crippen molar-refractivity contribution < 1.29 is 4.42 Å². The van der Waals surface area contributed by atoms with Gasteiger partial charge in [-0.1, -0.05) is 36.4 Å². The molecule has 6 nitrogen and oxygen atoms in total. The highest BCUT2D eigenvalue weighted by Gasteiger charge is 2.16. The number of nitrogens with two attached hydrogens (primary N) is 1. The van der Waals surface area contributed by atoms with Crippen molar-refractivity contribution in [2.24, 2.45) is 0 Å². The number of nitrogen functional groups attached to an aromatic ring is 1. The number of benzene rings is 2. The zero-order chi connectivity index (χ0) is 16.5. The van der Waals surface area contributed by atoms with Gasteiger partial charge in [-0.05, 0) is 12.1 Å². The van der Waals surface area contributed by atoms with Gasteiger partial charge in [0.25, 0.3) is 0 Å². The highest BCUT2D eigenvalue weighted by Crippen LogP contribution is 2.32. The quantitative estimate of drug-likeness (QED) is 0.608. The second kappa shape index (κ2) is 5.48. The maximum absolute atomic E-state index is 9.23. The van der Waals surface area contributed by atoms with Crippen LogP contribution in [0.5, 0.6) is 0 Å². The average molecular weight is 313 g/mol. The number of rotatable bonds is 2. The van der Waals surface area contributed by atoms with E-state index in [0.717, 1.165) is 16.6 Å². The molecule has 0 atom stereocenters. The van der Waals surface area contributed by atoms with Gasteiger partial charge in [-0.3, -0.25) is 0 Å². The van der Waals surface area contributed by atoms with Crippen molar-refractivity contribution in [1.82, 2.24) is 15.0 Å². The van der Waals surface area contributed by atoms with Gasteiger partial charge in [0.2, 0.25) is 0 Å². The van der Waals surface area contributed by atoms with Crippen LogP contribution in [0.1, 0.15) is 5.69 Å². The smallest absolute Gasteiger partial charge is 0.183 e. The Balaban J connectivity index is 2.00. The van der Waals surface area contributed by atoms with E-state index in [2.05, 4.69) is 15.0 Å². The number of aromatic nitrogens is 3. The number of fused-ring (bicyclic) bond motifs is 1. The van der Waals surface area contributed by atoms with E-state index in [0.29, 0.717) is 17.0 Å². The van der Waals surface area contributed by atoms with Crippen LogP contribution in [0.25, 0.3) is 33.6 Å². The first-order chi connectivity index (χ1) is 11.8. The van der Waals surface area contributed by atoms with Crippen molar-refractivity contribution in [1.29, 1.82) is 5.26 Å². The molecule has 114 valence electrons. The fourth-order valence-electron chi connectivity index (χ4n) is 2.53. The lowest BCUT2D eigenvalue weighted by molar-refractivity contribution is 0.602. The molecular weight excluding hydrogens is 302 g/mol. The minimum absolute atomic E-state index is 0.0994.